The lowest BCUT2D eigenvalue weighted by Crippen LogP contribution is -2.40. The molecule has 0 spiro atoms. The number of amides is 1. The Bertz CT molecular complexity index is 297. The van der Waals surface area contributed by atoms with Gasteiger partial charge in [-0.3, -0.25) is 4.79 Å². The maximum Gasteiger partial charge on any atom is 0.230 e. The summed E-state index contributed by atoms with van der Waals surface area (Å²) in [5.74, 6) is 0.739. The first-order valence-corrected chi connectivity index (χ1v) is 6.83. The molecule has 0 saturated heterocycles. The van der Waals surface area contributed by atoms with E-state index >= 15 is 0 Å². The monoisotopic (exact) mass is 255 g/mol. The zero-order chi connectivity index (χ0) is 13.5. The van der Waals surface area contributed by atoms with E-state index in [1.807, 2.05) is 6.92 Å². The van der Waals surface area contributed by atoms with Gasteiger partial charge in [0.05, 0.1) is 5.92 Å². The van der Waals surface area contributed by atoms with Crippen LogP contribution in [0.4, 0.5) is 0 Å². The molecule has 18 heavy (non-hydrogen) atoms. The summed E-state index contributed by atoms with van der Waals surface area (Å²) >= 11 is 0. The van der Waals surface area contributed by atoms with Crippen molar-refractivity contribution in [1.29, 1.82) is 0 Å². The summed E-state index contributed by atoms with van der Waals surface area (Å²) in [6, 6.07) is 0. The average molecular weight is 255 g/mol. The first kappa shape index (κ1) is 14.8. The first-order valence-electron chi connectivity index (χ1n) is 6.83. The smallest absolute Gasteiger partial charge is 0.230 e. The van der Waals surface area contributed by atoms with Crippen molar-refractivity contribution in [2.75, 3.05) is 6.54 Å². The number of carbonyl (C=O) groups excluding carboxylic acids is 1. The van der Waals surface area contributed by atoms with Crippen LogP contribution in [0, 0.1) is 17.8 Å². The van der Waals surface area contributed by atoms with E-state index in [9.17, 15) is 4.79 Å². The Morgan fingerprint density at radius 2 is 2.06 bits per heavy atom. The summed E-state index contributed by atoms with van der Waals surface area (Å²) in [6.07, 6.45) is 5.41. The van der Waals surface area contributed by atoms with E-state index in [4.69, 9.17) is 10.9 Å². The number of rotatable bonds is 5. The van der Waals surface area contributed by atoms with Crippen molar-refractivity contribution >= 4 is 11.7 Å². The number of carbonyl (C=O) groups is 1. The van der Waals surface area contributed by atoms with E-state index < -0.39 is 5.92 Å². The number of amidine groups is 1. The Balaban J connectivity index is 2.36. The third kappa shape index (κ3) is 4.20. The average Bonchev–Trinajstić information content (AvgIpc) is 2.38. The van der Waals surface area contributed by atoms with Crippen LogP contribution in [0.5, 0.6) is 0 Å². The van der Waals surface area contributed by atoms with Gasteiger partial charge < -0.3 is 16.3 Å². The number of hydrogen-bond donors (Lipinski definition) is 3. The van der Waals surface area contributed by atoms with Crippen LogP contribution in [0.3, 0.4) is 0 Å². The van der Waals surface area contributed by atoms with Crippen LogP contribution in [-0.4, -0.2) is 23.5 Å². The largest absolute Gasteiger partial charge is 0.409 e. The predicted octanol–water partition coefficient (Wildman–Crippen LogP) is 1.70. The van der Waals surface area contributed by atoms with Gasteiger partial charge in [0, 0.05) is 6.54 Å². The van der Waals surface area contributed by atoms with Crippen molar-refractivity contribution in [3.63, 3.8) is 0 Å². The fourth-order valence-electron chi connectivity index (χ4n) is 2.50. The topological polar surface area (TPSA) is 87.7 Å². The fraction of sp³-hybridized carbons (Fsp3) is 0.846. The molecule has 0 aliphatic heterocycles. The number of nitrogens with two attached hydrogens (primary N) is 1. The van der Waals surface area contributed by atoms with E-state index in [1.54, 1.807) is 0 Å². The quantitative estimate of drug-likeness (QED) is 0.302. The molecule has 0 aromatic heterocycles. The molecule has 1 amide bonds. The molecule has 1 saturated carbocycles. The van der Waals surface area contributed by atoms with Crippen molar-refractivity contribution in [3.05, 3.63) is 0 Å². The molecule has 0 aromatic rings. The van der Waals surface area contributed by atoms with Crippen LogP contribution < -0.4 is 11.1 Å². The molecular weight excluding hydrogens is 230 g/mol. The van der Waals surface area contributed by atoms with E-state index in [1.165, 1.54) is 25.7 Å². The van der Waals surface area contributed by atoms with Crippen molar-refractivity contribution in [2.24, 2.45) is 28.6 Å². The second-order valence-electron chi connectivity index (χ2n) is 5.36. The number of hydrogen-bond acceptors (Lipinski definition) is 3. The Kier molecular flexibility index (Phi) is 5.95. The minimum atomic E-state index is -0.516. The van der Waals surface area contributed by atoms with Gasteiger partial charge >= 0.3 is 0 Å². The molecule has 0 heterocycles. The Morgan fingerprint density at radius 1 is 1.44 bits per heavy atom. The van der Waals surface area contributed by atoms with Crippen LogP contribution in [0.15, 0.2) is 5.16 Å². The van der Waals surface area contributed by atoms with Gasteiger partial charge in [-0.2, -0.15) is 0 Å². The summed E-state index contributed by atoms with van der Waals surface area (Å²) in [5.41, 5.74) is 5.49. The Labute approximate surface area is 109 Å². The zero-order valence-electron chi connectivity index (χ0n) is 11.4. The van der Waals surface area contributed by atoms with E-state index in [0.29, 0.717) is 18.9 Å². The third-order valence-electron chi connectivity index (χ3n) is 3.90. The van der Waals surface area contributed by atoms with Gasteiger partial charge in [-0.05, 0) is 31.1 Å². The van der Waals surface area contributed by atoms with Crippen LogP contribution in [-0.2, 0) is 4.79 Å². The van der Waals surface area contributed by atoms with Gasteiger partial charge in [-0.1, -0.05) is 31.8 Å². The van der Waals surface area contributed by atoms with Gasteiger partial charge in [0.15, 0.2) is 5.84 Å². The summed E-state index contributed by atoms with van der Waals surface area (Å²) in [5, 5.41) is 14.5. The van der Waals surface area contributed by atoms with E-state index in [2.05, 4.69) is 17.4 Å². The summed E-state index contributed by atoms with van der Waals surface area (Å²) < 4.78 is 0. The lowest BCUT2D eigenvalue weighted by molar-refractivity contribution is -0.123. The molecule has 1 fully saturated rings. The number of oxime groups is 1. The van der Waals surface area contributed by atoms with E-state index in [-0.39, 0.29) is 11.7 Å². The van der Waals surface area contributed by atoms with Crippen LogP contribution >= 0.6 is 0 Å². The summed E-state index contributed by atoms with van der Waals surface area (Å²) in [4.78, 5) is 11.9. The molecule has 4 N–H and O–H groups in total. The molecule has 5 nitrogen and oxygen atoms in total. The van der Waals surface area contributed by atoms with Crippen LogP contribution in [0.1, 0.15) is 46.0 Å². The maximum absolute atomic E-state index is 11.9. The first-order chi connectivity index (χ1) is 8.58. The standard InChI is InChI=1S/C13H25N3O2/c1-3-11(12(14)16-18)13(17)15-8-10-6-4-9(2)5-7-10/h9-11,18H,3-8H2,1-2H3,(H2,14,16)(H,15,17). The molecule has 1 aliphatic rings. The molecule has 5 heteroatoms. The highest BCUT2D eigenvalue weighted by molar-refractivity contribution is 6.01. The number of nitrogens with zero attached hydrogens (tertiary/aromatic N) is 1. The van der Waals surface area contributed by atoms with Gasteiger partial charge in [-0.15, -0.1) is 0 Å². The van der Waals surface area contributed by atoms with Crippen LogP contribution in [0.2, 0.25) is 0 Å². The molecule has 104 valence electrons. The molecule has 0 bridgehead atoms. The zero-order valence-corrected chi connectivity index (χ0v) is 11.4. The maximum atomic E-state index is 11.9. The molecule has 1 rings (SSSR count). The molecule has 0 radical (unpaired) electrons. The fourth-order valence-corrected chi connectivity index (χ4v) is 2.50. The van der Waals surface area contributed by atoms with Gasteiger partial charge in [0.25, 0.3) is 0 Å². The summed E-state index contributed by atoms with van der Waals surface area (Å²) in [7, 11) is 0. The Morgan fingerprint density at radius 3 is 2.56 bits per heavy atom. The molecule has 1 atom stereocenters. The van der Waals surface area contributed by atoms with Gasteiger partial charge in [0.1, 0.15) is 0 Å². The highest BCUT2D eigenvalue weighted by atomic mass is 16.4. The lowest BCUT2D eigenvalue weighted by Gasteiger charge is -2.26. The second kappa shape index (κ2) is 7.24. The third-order valence-corrected chi connectivity index (χ3v) is 3.90. The molecule has 1 aliphatic carbocycles. The van der Waals surface area contributed by atoms with Crippen molar-refractivity contribution in [3.8, 4) is 0 Å². The minimum Gasteiger partial charge on any atom is -0.409 e. The predicted molar refractivity (Wildman–Crippen MR) is 71.3 cm³/mol. The van der Waals surface area contributed by atoms with Crippen LogP contribution in [0.25, 0.3) is 0 Å². The van der Waals surface area contributed by atoms with Crippen molar-refractivity contribution in [1.82, 2.24) is 5.32 Å². The normalized spacial score (nSPS) is 26.7. The molecule has 1 unspecified atom stereocenters. The van der Waals surface area contributed by atoms with E-state index in [0.717, 1.165) is 5.92 Å². The Hall–Kier alpha value is -1.26. The SMILES string of the molecule is CCC(C(=O)NCC1CCC(C)CC1)C(N)=NO. The minimum absolute atomic E-state index is 0.00716. The van der Waals surface area contributed by atoms with Crippen molar-refractivity contribution in [2.45, 2.75) is 46.0 Å². The van der Waals surface area contributed by atoms with Gasteiger partial charge in [0.2, 0.25) is 5.91 Å². The van der Waals surface area contributed by atoms with Crippen molar-refractivity contribution < 1.29 is 10.0 Å². The highest BCUT2D eigenvalue weighted by Crippen LogP contribution is 2.27. The summed E-state index contributed by atoms with van der Waals surface area (Å²) in [6.45, 7) is 4.84. The lowest BCUT2D eigenvalue weighted by atomic mass is 9.83. The second-order valence-corrected chi connectivity index (χ2v) is 5.36. The molecular formula is C13H25N3O2. The molecule has 0 aromatic carbocycles. The number of nitrogens with one attached hydrogen (secondary N) is 1. The van der Waals surface area contributed by atoms with Gasteiger partial charge in [-0.25, -0.2) is 0 Å². The highest BCUT2D eigenvalue weighted by Gasteiger charge is 2.23.